The lowest BCUT2D eigenvalue weighted by Crippen LogP contribution is -2.05. The lowest BCUT2D eigenvalue weighted by Gasteiger charge is -2.05. The number of hydrogen-bond acceptors (Lipinski definition) is 3. The Bertz CT molecular complexity index is 231. The van der Waals surface area contributed by atoms with E-state index in [9.17, 15) is 5.11 Å². The molecule has 3 heteroatoms. The zero-order chi connectivity index (χ0) is 8.97. The predicted molar refractivity (Wildman–Crippen MR) is 45.7 cm³/mol. The summed E-state index contributed by atoms with van der Waals surface area (Å²) in [4.78, 5) is 0. The van der Waals surface area contributed by atoms with E-state index in [1.807, 2.05) is 24.3 Å². The fraction of sp³-hybridized carbons (Fsp3) is 0.333. The van der Waals surface area contributed by atoms with Crippen molar-refractivity contribution in [1.29, 1.82) is 0 Å². The van der Waals surface area contributed by atoms with Gasteiger partial charge in [-0.05, 0) is 18.1 Å². The molecule has 0 fully saturated rings. The summed E-state index contributed by atoms with van der Waals surface area (Å²) in [6, 6.07) is 7.42. The summed E-state index contributed by atoms with van der Waals surface area (Å²) < 4.78 is 0. The van der Waals surface area contributed by atoms with Crippen molar-refractivity contribution in [1.82, 2.24) is 5.48 Å². The minimum Gasteiger partial charge on any atom is -0.389 e. The van der Waals surface area contributed by atoms with Crippen LogP contribution in [0.5, 0.6) is 0 Å². The molecule has 12 heavy (non-hydrogen) atoms. The Morgan fingerprint density at radius 3 is 2.33 bits per heavy atom. The van der Waals surface area contributed by atoms with Gasteiger partial charge in [0.2, 0.25) is 0 Å². The fourth-order valence-corrected chi connectivity index (χ4v) is 1.01. The Kier molecular flexibility index (Phi) is 3.22. The third-order valence-corrected chi connectivity index (χ3v) is 1.75. The lowest BCUT2D eigenvalue weighted by molar-refractivity contribution is 0.161. The van der Waals surface area contributed by atoms with Crippen molar-refractivity contribution >= 4 is 0 Å². The van der Waals surface area contributed by atoms with Gasteiger partial charge in [-0.3, -0.25) is 0 Å². The van der Waals surface area contributed by atoms with Gasteiger partial charge in [-0.15, -0.1) is 0 Å². The minimum atomic E-state index is -0.430. The zero-order valence-corrected chi connectivity index (χ0v) is 6.99. The molecule has 1 aromatic carbocycles. The molecular formula is C9H13NO2. The van der Waals surface area contributed by atoms with Crippen LogP contribution in [0.1, 0.15) is 24.2 Å². The zero-order valence-electron chi connectivity index (χ0n) is 6.99. The number of hydrogen-bond donors (Lipinski definition) is 3. The van der Waals surface area contributed by atoms with E-state index in [4.69, 9.17) is 5.21 Å². The molecule has 1 unspecified atom stereocenters. The van der Waals surface area contributed by atoms with Crippen LogP contribution in [0.4, 0.5) is 0 Å². The number of aliphatic hydroxyl groups is 1. The molecule has 1 atom stereocenters. The summed E-state index contributed by atoms with van der Waals surface area (Å²) in [5.74, 6) is 0. The Hall–Kier alpha value is -0.900. The van der Waals surface area contributed by atoms with Crippen LogP contribution in [0.2, 0.25) is 0 Å². The molecule has 0 spiro atoms. The normalized spacial score (nSPS) is 12.9. The quantitative estimate of drug-likeness (QED) is 0.593. The average molecular weight is 167 g/mol. The smallest absolute Gasteiger partial charge is 0.0761 e. The van der Waals surface area contributed by atoms with Crippen LogP contribution in [0.15, 0.2) is 24.3 Å². The Labute approximate surface area is 71.6 Å². The van der Waals surface area contributed by atoms with Crippen molar-refractivity contribution < 1.29 is 10.3 Å². The molecule has 0 saturated heterocycles. The van der Waals surface area contributed by atoms with E-state index >= 15 is 0 Å². The van der Waals surface area contributed by atoms with Gasteiger partial charge in [-0.25, -0.2) is 5.48 Å². The van der Waals surface area contributed by atoms with Gasteiger partial charge in [-0.2, -0.15) is 0 Å². The fourth-order valence-electron chi connectivity index (χ4n) is 1.01. The van der Waals surface area contributed by atoms with Crippen molar-refractivity contribution in [3.63, 3.8) is 0 Å². The van der Waals surface area contributed by atoms with Gasteiger partial charge < -0.3 is 10.3 Å². The molecule has 0 aliphatic carbocycles. The minimum absolute atomic E-state index is 0.430. The molecular weight excluding hydrogens is 154 g/mol. The molecule has 0 amide bonds. The van der Waals surface area contributed by atoms with E-state index in [-0.39, 0.29) is 0 Å². The number of rotatable bonds is 3. The first-order valence-electron chi connectivity index (χ1n) is 3.88. The van der Waals surface area contributed by atoms with E-state index in [0.717, 1.165) is 11.1 Å². The number of aliphatic hydroxyl groups excluding tert-OH is 1. The maximum atomic E-state index is 9.18. The van der Waals surface area contributed by atoms with Gasteiger partial charge >= 0.3 is 0 Å². The highest BCUT2D eigenvalue weighted by Crippen LogP contribution is 2.12. The standard InChI is InChI=1S/C9H13NO2/c1-7(11)9-4-2-8(3-5-9)6-10-12/h2-5,7,10-12H,6H2,1H3. The summed E-state index contributed by atoms with van der Waals surface area (Å²) in [7, 11) is 0. The number of benzene rings is 1. The highest BCUT2D eigenvalue weighted by atomic mass is 16.5. The van der Waals surface area contributed by atoms with Gasteiger partial charge in [0.25, 0.3) is 0 Å². The van der Waals surface area contributed by atoms with E-state index in [2.05, 4.69) is 5.48 Å². The maximum Gasteiger partial charge on any atom is 0.0761 e. The molecule has 3 N–H and O–H groups in total. The van der Waals surface area contributed by atoms with Crippen LogP contribution in [0, 0.1) is 0 Å². The number of nitrogens with one attached hydrogen (secondary N) is 1. The van der Waals surface area contributed by atoms with Gasteiger partial charge in [0, 0.05) is 6.54 Å². The van der Waals surface area contributed by atoms with Crippen molar-refractivity contribution in [3.8, 4) is 0 Å². The summed E-state index contributed by atoms with van der Waals surface area (Å²) >= 11 is 0. The molecule has 0 radical (unpaired) electrons. The molecule has 3 nitrogen and oxygen atoms in total. The second-order valence-electron chi connectivity index (χ2n) is 2.75. The lowest BCUT2D eigenvalue weighted by atomic mass is 10.1. The third-order valence-electron chi connectivity index (χ3n) is 1.75. The van der Waals surface area contributed by atoms with E-state index < -0.39 is 6.10 Å². The molecule has 0 heterocycles. The molecule has 1 aromatic rings. The first kappa shape index (κ1) is 9.19. The highest BCUT2D eigenvalue weighted by Gasteiger charge is 1.98. The first-order chi connectivity index (χ1) is 5.74. The summed E-state index contributed by atoms with van der Waals surface area (Å²) in [6.45, 7) is 2.15. The summed E-state index contributed by atoms with van der Waals surface area (Å²) in [6.07, 6.45) is -0.430. The topological polar surface area (TPSA) is 52.5 Å². The number of hydroxylamine groups is 1. The summed E-state index contributed by atoms with van der Waals surface area (Å²) in [5.41, 5.74) is 3.94. The van der Waals surface area contributed by atoms with Crippen LogP contribution in [0.25, 0.3) is 0 Å². The first-order valence-corrected chi connectivity index (χ1v) is 3.88. The molecule has 0 aromatic heterocycles. The second-order valence-corrected chi connectivity index (χ2v) is 2.75. The van der Waals surface area contributed by atoms with Crippen LogP contribution in [0.3, 0.4) is 0 Å². The molecule has 1 rings (SSSR count). The maximum absolute atomic E-state index is 9.18. The van der Waals surface area contributed by atoms with Gasteiger partial charge in [0.05, 0.1) is 6.10 Å². The third kappa shape index (κ3) is 2.30. The van der Waals surface area contributed by atoms with Gasteiger partial charge in [0.15, 0.2) is 0 Å². The van der Waals surface area contributed by atoms with Crippen molar-refractivity contribution in [2.24, 2.45) is 0 Å². The van der Waals surface area contributed by atoms with Crippen molar-refractivity contribution in [2.75, 3.05) is 0 Å². The van der Waals surface area contributed by atoms with E-state index in [1.165, 1.54) is 0 Å². The molecule has 0 aliphatic rings. The van der Waals surface area contributed by atoms with Crippen molar-refractivity contribution in [2.45, 2.75) is 19.6 Å². The SMILES string of the molecule is CC(O)c1ccc(CNO)cc1. The molecule has 0 aliphatic heterocycles. The van der Waals surface area contributed by atoms with Crippen LogP contribution < -0.4 is 5.48 Å². The second kappa shape index (κ2) is 4.21. The predicted octanol–water partition coefficient (Wildman–Crippen LogP) is 1.22. The Balaban J connectivity index is 2.71. The average Bonchev–Trinajstić information content (AvgIpc) is 2.06. The van der Waals surface area contributed by atoms with E-state index in [1.54, 1.807) is 6.92 Å². The monoisotopic (exact) mass is 167 g/mol. The van der Waals surface area contributed by atoms with Gasteiger partial charge in [-0.1, -0.05) is 24.3 Å². The van der Waals surface area contributed by atoms with Crippen LogP contribution >= 0.6 is 0 Å². The van der Waals surface area contributed by atoms with Crippen molar-refractivity contribution in [3.05, 3.63) is 35.4 Å². The highest BCUT2D eigenvalue weighted by molar-refractivity contribution is 5.23. The largest absolute Gasteiger partial charge is 0.389 e. The van der Waals surface area contributed by atoms with Gasteiger partial charge in [0.1, 0.15) is 0 Å². The van der Waals surface area contributed by atoms with Crippen LogP contribution in [-0.4, -0.2) is 10.3 Å². The van der Waals surface area contributed by atoms with Crippen LogP contribution in [-0.2, 0) is 6.54 Å². The Morgan fingerprint density at radius 2 is 1.92 bits per heavy atom. The summed E-state index contributed by atoms with van der Waals surface area (Å²) in [5, 5.41) is 17.6. The molecule has 0 saturated carbocycles. The Morgan fingerprint density at radius 1 is 1.33 bits per heavy atom. The molecule has 66 valence electrons. The molecule has 0 bridgehead atoms. The van der Waals surface area contributed by atoms with E-state index in [0.29, 0.717) is 6.54 Å².